The standard InChI is InChI=1S/C14H11BrO2/c1-2-8-14(11-6-4-3-5-7-11)9-12(10-15)17-13(14)16/h1,3-7,10H,8-9H2/b12-10-. The summed E-state index contributed by atoms with van der Waals surface area (Å²) in [5.74, 6) is 2.93. The first-order valence-corrected chi connectivity index (χ1v) is 6.15. The van der Waals surface area contributed by atoms with Crippen molar-refractivity contribution in [1.29, 1.82) is 0 Å². The maximum Gasteiger partial charge on any atom is 0.323 e. The molecule has 0 saturated carbocycles. The summed E-state index contributed by atoms with van der Waals surface area (Å²) >= 11 is 3.19. The van der Waals surface area contributed by atoms with Crippen LogP contribution in [-0.2, 0) is 14.9 Å². The summed E-state index contributed by atoms with van der Waals surface area (Å²) in [4.78, 5) is 13.7. The molecule has 0 bridgehead atoms. The molecule has 2 nitrogen and oxygen atoms in total. The fourth-order valence-electron chi connectivity index (χ4n) is 2.07. The Morgan fingerprint density at radius 3 is 2.71 bits per heavy atom. The second-order valence-electron chi connectivity index (χ2n) is 3.97. The Morgan fingerprint density at radius 2 is 2.18 bits per heavy atom. The van der Waals surface area contributed by atoms with Crippen molar-refractivity contribution < 1.29 is 9.53 Å². The molecule has 2 rings (SSSR count). The average Bonchev–Trinajstić information content (AvgIpc) is 2.69. The van der Waals surface area contributed by atoms with E-state index in [-0.39, 0.29) is 5.97 Å². The fraction of sp³-hybridized carbons (Fsp3) is 0.214. The molecule has 17 heavy (non-hydrogen) atoms. The van der Waals surface area contributed by atoms with Crippen molar-refractivity contribution in [3.63, 3.8) is 0 Å². The lowest BCUT2D eigenvalue weighted by Gasteiger charge is -2.21. The number of benzene rings is 1. The summed E-state index contributed by atoms with van der Waals surface area (Å²) in [6, 6.07) is 9.54. The summed E-state index contributed by atoms with van der Waals surface area (Å²) in [6.07, 6.45) is 6.24. The number of allylic oxidation sites excluding steroid dienone is 1. The second kappa shape index (κ2) is 4.77. The van der Waals surface area contributed by atoms with Crippen LogP contribution in [0.2, 0.25) is 0 Å². The highest BCUT2D eigenvalue weighted by molar-refractivity contribution is 9.11. The quantitative estimate of drug-likeness (QED) is 0.618. The van der Waals surface area contributed by atoms with E-state index in [0.29, 0.717) is 18.6 Å². The number of esters is 1. The van der Waals surface area contributed by atoms with Gasteiger partial charge in [0.15, 0.2) is 0 Å². The van der Waals surface area contributed by atoms with E-state index in [1.165, 1.54) is 0 Å². The van der Waals surface area contributed by atoms with Crippen LogP contribution in [0.25, 0.3) is 0 Å². The molecule has 3 heteroatoms. The highest BCUT2D eigenvalue weighted by atomic mass is 79.9. The predicted molar refractivity (Wildman–Crippen MR) is 69.3 cm³/mol. The van der Waals surface area contributed by atoms with Gasteiger partial charge in [0.2, 0.25) is 0 Å². The van der Waals surface area contributed by atoms with E-state index in [2.05, 4.69) is 21.9 Å². The highest BCUT2D eigenvalue weighted by Gasteiger charge is 2.47. The van der Waals surface area contributed by atoms with Crippen LogP contribution in [0.4, 0.5) is 0 Å². The monoisotopic (exact) mass is 290 g/mol. The first-order chi connectivity index (χ1) is 8.23. The molecule has 1 unspecified atom stereocenters. The van der Waals surface area contributed by atoms with Gasteiger partial charge < -0.3 is 4.74 Å². The van der Waals surface area contributed by atoms with Gasteiger partial charge in [0.25, 0.3) is 0 Å². The first-order valence-electron chi connectivity index (χ1n) is 5.23. The van der Waals surface area contributed by atoms with Gasteiger partial charge in [-0.1, -0.05) is 46.3 Å². The SMILES string of the molecule is C#CCC1(c2ccccc2)C/C(=C/Br)OC1=O. The Morgan fingerprint density at radius 1 is 1.47 bits per heavy atom. The van der Waals surface area contributed by atoms with Crippen LogP contribution in [0.5, 0.6) is 0 Å². The molecule has 1 fully saturated rings. The van der Waals surface area contributed by atoms with E-state index in [0.717, 1.165) is 5.56 Å². The number of terminal acetylenes is 1. The topological polar surface area (TPSA) is 26.3 Å². The smallest absolute Gasteiger partial charge is 0.323 e. The molecule has 0 aliphatic carbocycles. The molecule has 1 saturated heterocycles. The van der Waals surface area contributed by atoms with Crippen LogP contribution in [-0.4, -0.2) is 5.97 Å². The molecule has 0 amide bonds. The summed E-state index contributed by atoms with van der Waals surface area (Å²) in [5, 5.41) is 0. The lowest BCUT2D eigenvalue weighted by molar-refractivity contribution is -0.140. The minimum Gasteiger partial charge on any atom is -0.430 e. The molecule has 1 atom stereocenters. The second-order valence-corrected chi connectivity index (χ2v) is 4.43. The minimum atomic E-state index is -0.727. The number of cyclic esters (lactones) is 1. The zero-order valence-corrected chi connectivity index (χ0v) is 10.7. The minimum absolute atomic E-state index is 0.271. The number of rotatable bonds is 2. The first kappa shape index (κ1) is 11.9. The van der Waals surface area contributed by atoms with Gasteiger partial charge in [-0.15, -0.1) is 12.3 Å². The third kappa shape index (κ3) is 2.01. The van der Waals surface area contributed by atoms with Crippen molar-refractivity contribution in [1.82, 2.24) is 0 Å². The molecule has 0 spiro atoms. The van der Waals surface area contributed by atoms with Crippen LogP contribution in [0, 0.1) is 12.3 Å². The van der Waals surface area contributed by atoms with Crippen molar-refractivity contribution in [2.75, 3.05) is 0 Å². The molecule has 0 radical (unpaired) electrons. The molecule has 0 N–H and O–H groups in total. The number of carbonyl (C=O) groups excluding carboxylic acids is 1. The van der Waals surface area contributed by atoms with Crippen LogP contribution in [0.1, 0.15) is 18.4 Å². The lowest BCUT2D eigenvalue weighted by atomic mass is 9.76. The van der Waals surface area contributed by atoms with Crippen molar-refractivity contribution in [2.45, 2.75) is 18.3 Å². The largest absolute Gasteiger partial charge is 0.430 e. The normalized spacial score (nSPS) is 25.6. The maximum atomic E-state index is 12.1. The van der Waals surface area contributed by atoms with Gasteiger partial charge in [0.05, 0.1) is 0 Å². The molecule has 0 aromatic heterocycles. The Hall–Kier alpha value is -1.53. The Bertz CT molecular complexity index is 499. The van der Waals surface area contributed by atoms with Crippen LogP contribution >= 0.6 is 15.9 Å². The number of halogens is 1. The van der Waals surface area contributed by atoms with Crippen molar-refractivity contribution in [3.8, 4) is 12.3 Å². The van der Waals surface area contributed by atoms with E-state index >= 15 is 0 Å². The van der Waals surface area contributed by atoms with Crippen LogP contribution in [0.3, 0.4) is 0 Å². The van der Waals surface area contributed by atoms with Crippen molar-refractivity contribution in [2.24, 2.45) is 0 Å². The van der Waals surface area contributed by atoms with Crippen molar-refractivity contribution >= 4 is 21.9 Å². The van der Waals surface area contributed by atoms with E-state index in [9.17, 15) is 4.79 Å². The predicted octanol–water partition coefficient (Wildman–Crippen LogP) is 3.13. The molecule has 1 aromatic carbocycles. The van der Waals surface area contributed by atoms with Crippen molar-refractivity contribution in [3.05, 3.63) is 46.6 Å². The van der Waals surface area contributed by atoms with Gasteiger partial charge in [0, 0.05) is 17.8 Å². The van der Waals surface area contributed by atoms with Gasteiger partial charge in [0.1, 0.15) is 11.2 Å². The third-order valence-electron chi connectivity index (χ3n) is 2.94. The van der Waals surface area contributed by atoms with Gasteiger partial charge in [-0.2, -0.15) is 0 Å². The molecule has 86 valence electrons. The summed E-state index contributed by atoms with van der Waals surface area (Å²) in [5.41, 5.74) is 0.183. The molecule has 1 aliphatic heterocycles. The van der Waals surface area contributed by atoms with Gasteiger partial charge in [-0.3, -0.25) is 4.79 Å². The Balaban J connectivity index is 2.49. The fourth-order valence-corrected chi connectivity index (χ4v) is 2.33. The van der Waals surface area contributed by atoms with Crippen LogP contribution < -0.4 is 0 Å². The summed E-state index contributed by atoms with van der Waals surface area (Å²) in [7, 11) is 0. The number of ether oxygens (including phenoxy) is 1. The number of hydrogen-bond acceptors (Lipinski definition) is 2. The van der Waals surface area contributed by atoms with Gasteiger partial charge in [-0.05, 0) is 5.56 Å². The zero-order valence-electron chi connectivity index (χ0n) is 9.15. The highest BCUT2D eigenvalue weighted by Crippen LogP contribution is 2.42. The Labute approximate surface area is 109 Å². The average molecular weight is 291 g/mol. The molecular weight excluding hydrogens is 280 g/mol. The number of carbonyl (C=O) groups is 1. The summed E-state index contributed by atoms with van der Waals surface area (Å²) < 4.78 is 5.21. The van der Waals surface area contributed by atoms with E-state index < -0.39 is 5.41 Å². The zero-order chi connectivity index (χ0) is 12.3. The molecule has 1 aromatic rings. The summed E-state index contributed by atoms with van der Waals surface area (Å²) in [6.45, 7) is 0. The maximum absolute atomic E-state index is 12.1. The lowest BCUT2D eigenvalue weighted by Crippen LogP contribution is -2.30. The Kier molecular flexibility index (Phi) is 3.35. The van der Waals surface area contributed by atoms with Gasteiger partial charge >= 0.3 is 5.97 Å². The van der Waals surface area contributed by atoms with E-state index in [4.69, 9.17) is 11.2 Å². The number of hydrogen-bond donors (Lipinski definition) is 0. The molecule has 1 heterocycles. The molecular formula is C14H11BrO2. The third-order valence-corrected chi connectivity index (χ3v) is 3.45. The van der Waals surface area contributed by atoms with E-state index in [1.54, 1.807) is 4.99 Å². The molecule has 1 aliphatic rings. The van der Waals surface area contributed by atoms with Gasteiger partial charge in [-0.25, -0.2) is 0 Å². The van der Waals surface area contributed by atoms with E-state index in [1.807, 2.05) is 30.3 Å². The van der Waals surface area contributed by atoms with Crippen LogP contribution in [0.15, 0.2) is 41.1 Å².